The number of pyridine rings is 1. The summed E-state index contributed by atoms with van der Waals surface area (Å²) in [6.07, 6.45) is 3.26. The number of nitrogens with zero attached hydrogens (tertiary/aromatic N) is 3. The Labute approximate surface area is 89.2 Å². The maximum Gasteiger partial charge on any atom is 0.338 e. The number of benzene rings is 1. The highest BCUT2D eigenvalue weighted by Gasteiger charge is 2.16. The summed E-state index contributed by atoms with van der Waals surface area (Å²) in [5.74, 6) is -1.65. The molecule has 0 aliphatic carbocycles. The zero-order valence-electron chi connectivity index (χ0n) is 8.04. The fourth-order valence-electron chi connectivity index (χ4n) is 1.65. The molecule has 1 aromatic carbocycles. The number of rotatable bonds is 0. The number of amides is 2. The summed E-state index contributed by atoms with van der Waals surface area (Å²) < 4.78 is 0. The van der Waals surface area contributed by atoms with Crippen molar-refractivity contribution in [3.63, 3.8) is 0 Å². The van der Waals surface area contributed by atoms with Crippen molar-refractivity contribution in [3.05, 3.63) is 41.3 Å². The quantitative estimate of drug-likeness (QED) is 0.553. The average molecular weight is 211 g/mol. The van der Waals surface area contributed by atoms with Crippen LogP contribution in [0.15, 0.2) is 40.6 Å². The summed E-state index contributed by atoms with van der Waals surface area (Å²) in [4.78, 5) is 33.6. The molecule has 0 saturated heterocycles. The van der Waals surface area contributed by atoms with Crippen molar-refractivity contribution in [1.82, 2.24) is 4.98 Å². The van der Waals surface area contributed by atoms with E-state index in [2.05, 4.69) is 15.0 Å². The van der Waals surface area contributed by atoms with E-state index >= 15 is 0 Å². The van der Waals surface area contributed by atoms with Crippen LogP contribution in [-0.2, 0) is 9.59 Å². The zero-order chi connectivity index (χ0) is 11.1. The molecule has 3 rings (SSSR count). The third kappa shape index (κ3) is 1.15. The van der Waals surface area contributed by atoms with Crippen LogP contribution < -0.4 is 10.7 Å². The first-order chi connectivity index (χ1) is 7.75. The van der Waals surface area contributed by atoms with Crippen molar-refractivity contribution < 1.29 is 9.59 Å². The van der Waals surface area contributed by atoms with Gasteiger partial charge in [-0.15, -0.1) is 0 Å². The molecule has 0 spiro atoms. The van der Waals surface area contributed by atoms with E-state index in [-0.39, 0.29) is 0 Å². The van der Waals surface area contributed by atoms with Crippen molar-refractivity contribution in [3.8, 4) is 0 Å². The van der Waals surface area contributed by atoms with Crippen LogP contribution in [0.25, 0.3) is 10.8 Å². The first-order valence-corrected chi connectivity index (χ1v) is 4.64. The van der Waals surface area contributed by atoms with Gasteiger partial charge in [-0.1, -0.05) is 6.07 Å². The lowest BCUT2D eigenvalue weighted by molar-refractivity contribution is -0.135. The van der Waals surface area contributed by atoms with Gasteiger partial charge in [0.1, 0.15) is 5.36 Å². The minimum Gasteiger partial charge on any atom is -0.264 e. The molecule has 76 valence electrons. The van der Waals surface area contributed by atoms with Gasteiger partial charge in [-0.25, -0.2) is 9.98 Å². The fourth-order valence-corrected chi connectivity index (χ4v) is 1.65. The van der Waals surface area contributed by atoms with Crippen molar-refractivity contribution in [1.29, 1.82) is 0 Å². The fraction of sp³-hybridized carbons (Fsp3) is 0. The molecule has 0 atom stereocenters. The molecule has 0 unspecified atom stereocenters. The molecule has 5 heteroatoms. The molecule has 0 N–H and O–H groups in total. The Morgan fingerprint density at radius 1 is 0.938 bits per heavy atom. The molecule has 16 heavy (non-hydrogen) atoms. The highest BCUT2D eigenvalue weighted by atomic mass is 16.2. The number of carbonyl (C=O) groups is 2. The van der Waals surface area contributed by atoms with E-state index in [1.54, 1.807) is 18.5 Å². The standard InChI is InChI=1S/C11H5N3O2/c15-10-11(16)14-9-7-5-12-4-3-6(7)1-2-8(9)13-10/h1-5H. The first-order valence-electron chi connectivity index (χ1n) is 4.64. The average Bonchev–Trinajstić information content (AvgIpc) is 2.31. The summed E-state index contributed by atoms with van der Waals surface area (Å²) in [7, 11) is 0. The van der Waals surface area contributed by atoms with Crippen LogP contribution in [0.4, 0.5) is 0 Å². The van der Waals surface area contributed by atoms with Crippen LogP contribution in [0.2, 0.25) is 0 Å². The van der Waals surface area contributed by atoms with E-state index in [1.165, 1.54) is 0 Å². The second-order valence-electron chi connectivity index (χ2n) is 3.36. The Hall–Kier alpha value is -2.43. The predicted molar refractivity (Wildman–Crippen MR) is 54.1 cm³/mol. The van der Waals surface area contributed by atoms with Crippen LogP contribution in [0.3, 0.4) is 0 Å². The Kier molecular flexibility index (Phi) is 1.67. The molecule has 1 aromatic heterocycles. The zero-order valence-corrected chi connectivity index (χ0v) is 8.04. The molecule has 0 bridgehead atoms. The first kappa shape index (κ1) is 8.84. The molecule has 1 aliphatic heterocycles. The van der Waals surface area contributed by atoms with E-state index in [4.69, 9.17) is 0 Å². The van der Waals surface area contributed by atoms with Crippen molar-refractivity contribution >= 4 is 22.6 Å². The maximum absolute atomic E-state index is 11.2. The third-order valence-corrected chi connectivity index (χ3v) is 2.39. The van der Waals surface area contributed by atoms with Crippen LogP contribution >= 0.6 is 0 Å². The molecule has 2 aromatic rings. The largest absolute Gasteiger partial charge is 0.338 e. The van der Waals surface area contributed by atoms with Gasteiger partial charge in [-0.3, -0.25) is 14.6 Å². The van der Waals surface area contributed by atoms with Crippen molar-refractivity contribution in [2.75, 3.05) is 0 Å². The Morgan fingerprint density at radius 3 is 2.62 bits per heavy atom. The predicted octanol–water partition coefficient (Wildman–Crippen LogP) is -0.459. The molecule has 2 heterocycles. The van der Waals surface area contributed by atoms with E-state index in [9.17, 15) is 9.59 Å². The number of aromatic nitrogens is 1. The molecular weight excluding hydrogens is 206 g/mol. The van der Waals surface area contributed by atoms with E-state index in [0.29, 0.717) is 10.7 Å². The second-order valence-corrected chi connectivity index (χ2v) is 3.36. The minimum atomic E-state index is -0.830. The molecule has 0 saturated carbocycles. The lowest BCUT2D eigenvalue weighted by Crippen LogP contribution is -2.34. The Balaban J connectivity index is 2.59. The van der Waals surface area contributed by atoms with Gasteiger partial charge in [0.2, 0.25) is 0 Å². The van der Waals surface area contributed by atoms with Gasteiger partial charge in [0.25, 0.3) is 0 Å². The number of hydrogen-bond acceptors (Lipinski definition) is 3. The van der Waals surface area contributed by atoms with Crippen molar-refractivity contribution in [2.24, 2.45) is 9.98 Å². The summed E-state index contributed by atoms with van der Waals surface area (Å²) in [5.41, 5.74) is 0. The Morgan fingerprint density at radius 2 is 1.75 bits per heavy atom. The SMILES string of the molecule is O=C1N=c2ccc3ccncc3c2=NC1=O. The molecule has 0 radical (unpaired) electrons. The van der Waals surface area contributed by atoms with Gasteiger partial charge in [0.15, 0.2) is 0 Å². The van der Waals surface area contributed by atoms with Crippen LogP contribution in [0.5, 0.6) is 0 Å². The normalized spacial score (nSPS) is 14.2. The lowest BCUT2D eigenvalue weighted by Gasteiger charge is -2.00. The van der Waals surface area contributed by atoms with Gasteiger partial charge in [-0.05, 0) is 17.5 Å². The molecule has 0 fully saturated rings. The third-order valence-electron chi connectivity index (χ3n) is 2.39. The van der Waals surface area contributed by atoms with Gasteiger partial charge in [-0.2, -0.15) is 0 Å². The highest BCUT2D eigenvalue weighted by Crippen LogP contribution is 2.05. The van der Waals surface area contributed by atoms with Gasteiger partial charge < -0.3 is 0 Å². The van der Waals surface area contributed by atoms with Crippen LogP contribution in [0, 0.1) is 0 Å². The summed E-state index contributed by atoms with van der Waals surface area (Å²) in [6, 6.07) is 5.30. The second kappa shape index (κ2) is 3.03. The van der Waals surface area contributed by atoms with E-state index < -0.39 is 11.8 Å². The van der Waals surface area contributed by atoms with Crippen molar-refractivity contribution in [2.45, 2.75) is 0 Å². The lowest BCUT2D eigenvalue weighted by atomic mass is 10.1. The maximum atomic E-state index is 11.2. The number of fused-ring (bicyclic) bond motifs is 3. The minimum absolute atomic E-state index is 0.421. The van der Waals surface area contributed by atoms with E-state index in [1.807, 2.05) is 12.1 Å². The molecular formula is C11H5N3O2. The van der Waals surface area contributed by atoms with E-state index in [0.717, 1.165) is 10.8 Å². The highest BCUT2D eigenvalue weighted by molar-refractivity contribution is 6.36. The molecule has 5 nitrogen and oxygen atoms in total. The van der Waals surface area contributed by atoms with Crippen LogP contribution in [0.1, 0.15) is 0 Å². The summed E-state index contributed by atoms with van der Waals surface area (Å²) >= 11 is 0. The van der Waals surface area contributed by atoms with Crippen LogP contribution in [-0.4, -0.2) is 16.8 Å². The topological polar surface area (TPSA) is 71.8 Å². The van der Waals surface area contributed by atoms with Gasteiger partial charge in [0.05, 0.1) is 5.36 Å². The molecule has 2 amide bonds. The number of hydrogen-bond donors (Lipinski definition) is 0. The molecule has 1 aliphatic rings. The monoisotopic (exact) mass is 211 g/mol. The van der Waals surface area contributed by atoms with Gasteiger partial charge in [0, 0.05) is 17.8 Å². The summed E-state index contributed by atoms with van der Waals surface area (Å²) in [6.45, 7) is 0. The summed E-state index contributed by atoms with van der Waals surface area (Å²) in [5, 5.41) is 2.49. The Bertz CT molecular complexity index is 749. The number of carbonyl (C=O) groups excluding carboxylic acids is 2. The smallest absolute Gasteiger partial charge is 0.264 e. The van der Waals surface area contributed by atoms with Gasteiger partial charge >= 0.3 is 11.8 Å².